The second-order valence-electron chi connectivity index (χ2n) is 4.24. The van der Waals surface area contributed by atoms with E-state index in [-0.39, 0.29) is 0 Å². The monoisotopic (exact) mass is 304 g/mol. The third-order valence-corrected chi connectivity index (χ3v) is 3.13. The number of H-pyrrole nitrogens is 1. The van der Waals surface area contributed by atoms with Gasteiger partial charge in [0.15, 0.2) is 5.11 Å². The molecule has 0 aliphatic rings. The van der Waals surface area contributed by atoms with E-state index in [1.54, 1.807) is 0 Å². The predicted octanol–water partition coefficient (Wildman–Crippen LogP) is 2.57. The van der Waals surface area contributed by atoms with Crippen molar-refractivity contribution in [1.82, 2.24) is 10.2 Å². The molecule has 0 fully saturated rings. The van der Waals surface area contributed by atoms with Gasteiger partial charge in [0, 0.05) is 5.69 Å². The average molecular weight is 304 g/mol. The van der Waals surface area contributed by atoms with Gasteiger partial charge in [-0.2, -0.15) is 5.10 Å². The summed E-state index contributed by atoms with van der Waals surface area (Å²) in [5.41, 5.74) is 2.38. The van der Waals surface area contributed by atoms with Crippen LogP contribution in [-0.2, 0) is 11.2 Å². The topological polar surface area (TPSA) is 79.0 Å². The summed E-state index contributed by atoms with van der Waals surface area (Å²) >= 11 is 5.25. The molecule has 0 bridgehead atoms. The highest BCUT2D eigenvalue weighted by Crippen LogP contribution is 2.17. The number of esters is 1. The molecule has 1 heterocycles. The molecular weight excluding hydrogens is 288 g/mol. The number of ether oxygens (including phenoxy) is 1. The van der Waals surface area contributed by atoms with Crippen LogP contribution >= 0.6 is 12.2 Å². The molecule has 0 saturated carbocycles. The van der Waals surface area contributed by atoms with Crippen LogP contribution < -0.4 is 10.6 Å². The van der Waals surface area contributed by atoms with Gasteiger partial charge in [0.25, 0.3) is 0 Å². The zero-order chi connectivity index (χ0) is 15.2. The summed E-state index contributed by atoms with van der Waals surface area (Å²) in [7, 11) is 1.31. The van der Waals surface area contributed by atoms with Crippen molar-refractivity contribution < 1.29 is 9.53 Å². The Bertz CT molecular complexity index is 654. The Morgan fingerprint density at radius 3 is 2.86 bits per heavy atom. The highest BCUT2D eigenvalue weighted by molar-refractivity contribution is 7.80. The van der Waals surface area contributed by atoms with Crippen LogP contribution in [0.3, 0.4) is 0 Å². The van der Waals surface area contributed by atoms with Gasteiger partial charge < -0.3 is 15.4 Å². The van der Waals surface area contributed by atoms with Crippen LogP contribution in [0.5, 0.6) is 0 Å². The van der Waals surface area contributed by atoms with Crippen LogP contribution in [0.2, 0.25) is 0 Å². The summed E-state index contributed by atoms with van der Waals surface area (Å²) in [5.74, 6) is -0.0867. The minimum atomic E-state index is -0.483. The van der Waals surface area contributed by atoms with Crippen LogP contribution in [0, 0.1) is 0 Å². The minimum absolute atomic E-state index is 0.297. The lowest BCUT2D eigenvalue weighted by atomic mass is 10.1. The second kappa shape index (κ2) is 6.85. The molecule has 0 saturated heterocycles. The lowest BCUT2D eigenvalue weighted by molar-refractivity contribution is 0.0602. The van der Waals surface area contributed by atoms with Crippen molar-refractivity contribution in [2.24, 2.45) is 0 Å². The number of benzene rings is 1. The van der Waals surface area contributed by atoms with E-state index >= 15 is 0 Å². The highest BCUT2D eigenvalue weighted by Gasteiger charge is 2.15. The van der Waals surface area contributed by atoms with Crippen LogP contribution in [0.15, 0.2) is 30.5 Å². The SMILES string of the molecule is CCc1ccccc1NC(=S)Nc1[nH]ncc1C(=O)OC. The Hall–Kier alpha value is -2.41. The first kappa shape index (κ1) is 15.0. The standard InChI is InChI=1S/C14H16N4O2S/c1-3-9-6-4-5-7-11(9)16-14(21)17-12-10(8-15-18-12)13(19)20-2/h4-8H,3H2,1-2H3,(H3,15,16,17,18,21). The Kier molecular flexibility index (Phi) is 4.89. The molecule has 1 aromatic carbocycles. The fourth-order valence-corrected chi connectivity index (χ4v) is 2.08. The number of hydrogen-bond acceptors (Lipinski definition) is 4. The number of aromatic amines is 1. The van der Waals surface area contributed by atoms with E-state index < -0.39 is 5.97 Å². The van der Waals surface area contributed by atoms with Gasteiger partial charge in [0.05, 0.1) is 13.3 Å². The molecular formula is C14H16N4O2S. The summed E-state index contributed by atoms with van der Waals surface area (Å²) < 4.78 is 4.67. The van der Waals surface area contributed by atoms with Crippen LogP contribution in [-0.4, -0.2) is 28.4 Å². The Labute approximate surface area is 127 Å². The summed E-state index contributed by atoms with van der Waals surface area (Å²) in [4.78, 5) is 11.5. The molecule has 21 heavy (non-hydrogen) atoms. The third-order valence-electron chi connectivity index (χ3n) is 2.93. The second-order valence-corrected chi connectivity index (χ2v) is 4.65. The smallest absolute Gasteiger partial charge is 0.343 e. The maximum absolute atomic E-state index is 11.5. The molecule has 0 aliphatic carbocycles. The molecule has 0 atom stereocenters. The fraction of sp³-hybridized carbons (Fsp3) is 0.214. The van der Waals surface area contributed by atoms with Crippen molar-refractivity contribution in [1.29, 1.82) is 0 Å². The van der Waals surface area contributed by atoms with Gasteiger partial charge in [0.2, 0.25) is 0 Å². The van der Waals surface area contributed by atoms with Gasteiger partial charge in [-0.05, 0) is 30.3 Å². The number of anilines is 2. The highest BCUT2D eigenvalue weighted by atomic mass is 32.1. The number of para-hydroxylation sites is 1. The fourth-order valence-electron chi connectivity index (χ4n) is 1.86. The van der Waals surface area contributed by atoms with E-state index in [4.69, 9.17) is 12.2 Å². The van der Waals surface area contributed by atoms with E-state index in [2.05, 4.69) is 32.5 Å². The summed E-state index contributed by atoms with van der Waals surface area (Å²) in [6.07, 6.45) is 2.28. The summed E-state index contributed by atoms with van der Waals surface area (Å²) in [6.45, 7) is 2.07. The van der Waals surface area contributed by atoms with Crippen LogP contribution in [0.1, 0.15) is 22.8 Å². The van der Waals surface area contributed by atoms with Crippen molar-refractivity contribution >= 4 is 34.8 Å². The first-order valence-corrected chi connectivity index (χ1v) is 6.84. The average Bonchev–Trinajstić information content (AvgIpc) is 2.95. The van der Waals surface area contributed by atoms with E-state index in [0.717, 1.165) is 17.7 Å². The van der Waals surface area contributed by atoms with Crippen molar-refractivity contribution in [3.8, 4) is 0 Å². The van der Waals surface area contributed by atoms with Crippen molar-refractivity contribution in [3.63, 3.8) is 0 Å². The molecule has 110 valence electrons. The Morgan fingerprint density at radius 1 is 1.38 bits per heavy atom. The third kappa shape index (κ3) is 3.57. The van der Waals surface area contributed by atoms with E-state index in [1.165, 1.54) is 13.3 Å². The molecule has 0 aliphatic heterocycles. The molecule has 0 amide bonds. The molecule has 1 aromatic heterocycles. The first-order chi connectivity index (χ1) is 10.2. The predicted molar refractivity (Wildman–Crippen MR) is 85.6 cm³/mol. The van der Waals surface area contributed by atoms with Crippen molar-refractivity contribution in [2.75, 3.05) is 17.7 Å². The molecule has 6 nitrogen and oxygen atoms in total. The Morgan fingerprint density at radius 2 is 2.14 bits per heavy atom. The quantitative estimate of drug-likeness (QED) is 0.595. The molecule has 0 spiro atoms. The number of thiocarbonyl (C=S) groups is 1. The molecule has 7 heteroatoms. The van der Waals surface area contributed by atoms with E-state index in [9.17, 15) is 4.79 Å². The summed E-state index contributed by atoms with van der Waals surface area (Å²) in [6, 6.07) is 7.88. The lowest BCUT2D eigenvalue weighted by Gasteiger charge is -2.12. The largest absolute Gasteiger partial charge is 0.465 e. The number of aryl methyl sites for hydroxylation is 1. The van der Waals surface area contributed by atoms with Gasteiger partial charge in [-0.3, -0.25) is 5.10 Å². The van der Waals surface area contributed by atoms with Gasteiger partial charge in [-0.15, -0.1) is 0 Å². The number of nitrogens with one attached hydrogen (secondary N) is 3. The number of methoxy groups -OCH3 is 1. The van der Waals surface area contributed by atoms with E-state index in [1.807, 2.05) is 24.3 Å². The number of aromatic nitrogens is 2. The Balaban J connectivity index is 2.09. The van der Waals surface area contributed by atoms with E-state index in [0.29, 0.717) is 16.5 Å². The van der Waals surface area contributed by atoms with Gasteiger partial charge >= 0.3 is 5.97 Å². The summed E-state index contributed by atoms with van der Waals surface area (Å²) in [5, 5.41) is 12.9. The van der Waals surface area contributed by atoms with Gasteiger partial charge in [0.1, 0.15) is 11.4 Å². The molecule has 0 radical (unpaired) electrons. The number of carbonyl (C=O) groups excluding carboxylic acids is 1. The molecule has 3 N–H and O–H groups in total. The minimum Gasteiger partial charge on any atom is -0.465 e. The zero-order valence-electron chi connectivity index (χ0n) is 11.8. The molecule has 0 unspecified atom stereocenters. The van der Waals surface area contributed by atoms with Crippen LogP contribution in [0.4, 0.5) is 11.5 Å². The van der Waals surface area contributed by atoms with Crippen LogP contribution in [0.25, 0.3) is 0 Å². The molecule has 2 aromatic rings. The number of hydrogen-bond donors (Lipinski definition) is 3. The normalized spacial score (nSPS) is 10.0. The van der Waals surface area contributed by atoms with Gasteiger partial charge in [-0.1, -0.05) is 25.1 Å². The first-order valence-electron chi connectivity index (χ1n) is 6.43. The zero-order valence-corrected chi connectivity index (χ0v) is 12.6. The van der Waals surface area contributed by atoms with Crippen molar-refractivity contribution in [3.05, 3.63) is 41.6 Å². The molecule has 2 rings (SSSR count). The number of carbonyl (C=O) groups is 1. The lowest BCUT2D eigenvalue weighted by Crippen LogP contribution is -2.21. The van der Waals surface area contributed by atoms with Crippen molar-refractivity contribution in [2.45, 2.75) is 13.3 Å². The van der Waals surface area contributed by atoms with Gasteiger partial charge in [-0.25, -0.2) is 4.79 Å². The number of rotatable bonds is 4. The maximum atomic E-state index is 11.5. The number of nitrogens with zero attached hydrogens (tertiary/aromatic N) is 1. The maximum Gasteiger partial charge on any atom is 0.343 e.